The fourth-order valence-electron chi connectivity index (χ4n) is 2.44. The predicted molar refractivity (Wildman–Crippen MR) is 113 cm³/mol. The lowest BCUT2D eigenvalue weighted by molar-refractivity contribution is -0.142. The van der Waals surface area contributed by atoms with Crippen LogP contribution in [-0.2, 0) is 16.1 Å². The highest BCUT2D eigenvalue weighted by Gasteiger charge is 2.26. The minimum atomic E-state index is -0.648. The number of carbonyl (C=O) groups excluding carboxylic acids is 2. The molecule has 0 unspecified atom stereocenters. The molecule has 0 saturated carbocycles. The van der Waals surface area contributed by atoms with E-state index in [1.54, 1.807) is 32.2 Å². The number of amides is 2. The molecule has 0 aromatic heterocycles. The van der Waals surface area contributed by atoms with E-state index in [0.717, 1.165) is 14.5 Å². The van der Waals surface area contributed by atoms with Crippen LogP contribution in [0.1, 0.15) is 12.5 Å². The van der Waals surface area contributed by atoms with Crippen LogP contribution in [0.2, 0.25) is 5.02 Å². The highest BCUT2D eigenvalue weighted by Crippen LogP contribution is 2.27. The van der Waals surface area contributed by atoms with Gasteiger partial charge in [-0.2, -0.15) is 0 Å². The minimum absolute atomic E-state index is 0.226. The van der Waals surface area contributed by atoms with Gasteiger partial charge >= 0.3 is 0 Å². The lowest BCUT2D eigenvalue weighted by atomic mass is 10.1. The van der Waals surface area contributed by atoms with E-state index in [-0.39, 0.29) is 25.0 Å². The molecule has 0 saturated heterocycles. The summed E-state index contributed by atoms with van der Waals surface area (Å²) in [5, 5.41) is 2.98. The van der Waals surface area contributed by atoms with Crippen molar-refractivity contribution in [3.8, 4) is 5.75 Å². The number of carbonyl (C=O) groups is 2. The first-order valence-corrected chi connectivity index (χ1v) is 10.1. The third-order valence-electron chi connectivity index (χ3n) is 3.90. The molecule has 5 nitrogen and oxygen atoms in total. The van der Waals surface area contributed by atoms with Gasteiger partial charge < -0.3 is 15.0 Å². The molecular weight excluding hydrogens is 499 g/mol. The molecule has 0 spiro atoms. The number of ether oxygens (including phenoxy) is 1. The van der Waals surface area contributed by atoms with Crippen molar-refractivity contribution in [1.82, 2.24) is 10.2 Å². The standard InChI is InChI=1S/C19H19Br2ClN2O3/c1-12(19(26)23-2)24(10-13-4-3-5-14(20)8-13)18(25)11-27-17-7-6-15(21)9-16(17)22/h3-9,12H,10-11H2,1-2H3,(H,23,26)/t12-/m1/s1. The molecule has 0 aliphatic carbocycles. The maximum atomic E-state index is 12.8. The van der Waals surface area contributed by atoms with Gasteiger partial charge in [-0.15, -0.1) is 0 Å². The zero-order chi connectivity index (χ0) is 20.0. The molecule has 0 aliphatic rings. The molecule has 8 heteroatoms. The molecule has 2 aromatic rings. The van der Waals surface area contributed by atoms with E-state index in [4.69, 9.17) is 16.3 Å². The monoisotopic (exact) mass is 516 g/mol. The van der Waals surface area contributed by atoms with Gasteiger partial charge in [0.15, 0.2) is 6.61 Å². The maximum Gasteiger partial charge on any atom is 0.261 e. The average Bonchev–Trinajstić information content (AvgIpc) is 2.64. The second kappa shape index (κ2) is 10.1. The molecule has 2 amide bonds. The van der Waals surface area contributed by atoms with Gasteiger partial charge in [0.25, 0.3) is 5.91 Å². The summed E-state index contributed by atoms with van der Waals surface area (Å²) in [4.78, 5) is 26.4. The second-order valence-electron chi connectivity index (χ2n) is 5.81. The SMILES string of the molecule is CNC(=O)[C@@H](C)N(Cc1cccc(Br)c1)C(=O)COc1ccc(Br)cc1Cl. The Morgan fingerprint density at radius 1 is 1.19 bits per heavy atom. The van der Waals surface area contributed by atoms with E-state index in [9.17, 15) is 9.59 Å². The van der Waals surface area contributed by atoms with Gasteiger partial charge in [0.05, 0.1) is 5.02 Å². The topological polar surface area (TPSA) is 58.6 Å². The Balaban J connectivity index is 2.15. The fourth-order valence-corrected chi connectivity index (χ4v) is 3.61. The fraction of sp³-hybridized carbons (Fsp3) is 0.263. The molecule has 0 bridgehead atoms. The maximum absolute atomic E-state index is 12.8. The number of likely N-dealkylation sites (N-methyl/N-ethyl adjacent to an activating group) is 1. The van der Waals surface area contributed by atoms with Gasteiger partial charge in [0, 0.05) is 22.5 Å². The molecule has 27 heavy (non-hydrogen) atoms. The Hall–Kier alpha value is -1.57. The summed E-state index contributed by atoms with van der Waals surface area (Å²) >= 11 is 12.9. The van der Waals surface area contributed by atoms with Crippen LogP contribution in [0.3, 0.4) is 0 Å². The molecule has 1 atom stereocenters. The van der Waals surface area contributed by atoms with Crippen molar-refractivity contribution in [2.45, 2.75) is 19.5 Å². The lowest BCUT2D eigenvalue weighted by Gasteiger charge is -2.28. The van der Waals surface area contributed by atoms with E-state index in [2.05, 4.69) is 37.2 Å². The van der Waals surface area contributed by atoms with Crippen LogP contribution < -0.4 is 10.1 Å². The van der Waals surface area contributed by atoms with Crippen LogP contribution in [0.15, 0.2) is 51.4 Å². The van der Waals surface area contributed by atoms with Crippen LogP contribution in [0.4, 0.5) is 0 Å². The van der Waals surface area contributed by atoms with Crippen molar-refractivity contribution in [2.75, 3.05) is 13.7 Å². The minimum Gasteiger partial charge on any atom is -0.482 e. The Kier molecular flexibility index (Phi) is 8.13. The molecule has 0 fully saturated rings. The van der Waals surface area contributed by atoms with E-state index in [1.807, 2.05) is 24.3 Å². The van der Waals surface area contributed by atoms with Gasteiger partial charge in [-0.05, 0) is 42.8 Å². The summed E-state index contributed by atoms with van der Waals surface area (Å²) in [6, 6.07) is 12.1. The Bertz CT molecular complexity index is 832. The van der Waals surface area contributed by atoms with Crippen molar-refractivity contribution >= 4 is 55.3 Å². The summed E-state index contributed by atoms with van der Waals surface area (Å²) in [7, 11) is 1.54. The second-order valence-corrected chi connectivity index (χ2v) is 8.04. The van der Waals surface area contributed by atoms with Crippen molar-refractivity contribution in [1.29, 1.82) is 0 Å². The van der Waals surface area contributed by atoms with Crippen LogP contribution in [-0.4, -0.2) is 36.4 Å². The zero-order valence-electron chi connectivity index (χ0n) is 14.8. The summed E-state index contributed by atoms with van der Waals surface area (Å²) in [6.07, 6.45) is 0. The molecular formula is C19H19Br2ClN2O3. The van der Waals surface area contributed by atoms with Gasteiger partial charge in [-0.25, -0.2) is 0 Å². The van der Waals surface area contributed by atoms with E-state index in [1.165, 1.54) is 4.90 Å². The number of halogens is 3. The normalized spacial score (nSPS) is 11.6. The van der Waals surface area contributed by atoms with Crippen LogP contribution in [0, 0.1) is 0 Å². The summed E-state index contributed by atoms with van der Waals surface area (Å²) < 4.78 is 7.29. The number of nitrogens with one attached hydrogen (secondary N) is 1. The van der Waals surface area contributed by atoms with Crippen LogP contribution in [0.25, 0.3) is 0 Å². The number of rotatable bonds is 7. The Morgan fingerprint density at radius 2 is 1.89 bits per heavy atom. The zero-order valence-corrected chi connectivity index (χ0v) is 18.8. The highest BCUT2D eigenvalue weighted by atomic mass is 79.9. The van der Waals surface area contributed by atoms with Gasteiger partial charge in [0.2, 0.25) is 5.91 Å². The van der Waals surface area contributed by atoms with Gasteiger partial charge in [0.1, 0.15) is 11.8 Å². The molecule has 2 aromatic carbocycles. The van der Waals surface area contributed by atoms with E-state index < -0.39 is 6.04 Å². The molecule has 144 valence electrons. The molecule has 2 rings (SSSR count). The molecule has 0 heterocycles. The first-order chi connectivity index (χ1) is 12.8. The number of hydrogen-bond donors (Lipinski definition) is 1. The summed E-state index contributed by atoms with van der Waals surface area (Å²) in [5.41, 5.74) is 0.898. The molecule has 1 N–H and O–H groups in total. The van der Waals surface area contributed by atoms with Crippen LogP contribution in [0.5, 0.6) is 5.75 Å². The summed E-state index contributed by atoms with van der Waals surface area (Å²) in [5.74, 6) is -0.159. The van der Waals surface area contributed by atoms with E-state index in [0.29, 0.717) is 10.8 Å². The van der Waals surface area contributed by atoms with Gasteiger partial charge in [-0.3, -0.25) is 9.59 Å². The lowest BCUT2D eigenvalue weighted by Crippen LogP contribution is -2.48. The Morgan fingerprint density at radius 3 is 2.52 bits per heavy atom. The number of hydrogen-bond acceptors (Lipinski definition) is 3. The van der Waals surface area contributed by atoms with Crippen molar-refractivity contribution in [3.05, 3.63) is 62.0 Å². The first kappa shape index (κ1) is 21.7. The third kappa shape index (κ3) is 6.23. The summed E-state index contributed by atoms with van der Waals surface area (Å²) in [6.45, 7) is 1.74. The predicted octanol–water partition coefficient (Wildman–Crippen LogP) is 4.41. The third-order valence-corrected chi connectivity index (χ3v) is 5.18. The van der Waals surface area contributed by atoms with Crippen molar-refractivity contribution < 1.29 is 14.3 Å². The smallest absolute Gasteiger partial charge is 0.261 e. The number of nitrogens with zero attached hydrogens (tertiary/aromatic N) is 1. The first-order valence-electron chi connectivity index (χ1n) is 8.15. The molecule has 0 aliphatic heterocycles. The molecule has 0 radical (unpaired) electrons. The van der Waals surface area contributed by atoms with Gasteiger partial charge in [-0.1, -0.05) is 55.6 Å². The van der Waals surface area contributed by atoms with E-state index >= 15 is 0 Å². The van der Waals surface area contributed by atoms with Crippen LogP contribution >= 0.6 is 43.5 Å². The van der Waals surface area contributed by atoms with Crippen molar-refractivity contribution in [2.24, 2.45) is 0 Å². The quantitative estimate of drug-likeness (QED) is 0.591. The Labute approximate surface area is 180 Å². The van der Waals surface area contributed by atoms with Crippen molar-refractivity contribution in [3.63, 3.8) is 0 Å². The average molecular weight is 519 g/mol. The largest absolute Gasteiger partial charge is 0.482 e. The number of benzene rings is 2. The highest BCUT2D eigenvalue weighted by molar-refractivity contribution is 9.10.